The summed E-state index contributed by atoms with van der Waals surface area (Å²) in [6, 6.07) is 12.5. The van der Waals surface area contributed by atoms with Crippen LogP contribution in [0.2, 0.25) is 0 Å². The Hall–Kier alpha value is -3.46. The molecule has 0 aromatic heterocycles. The molecule has 0 saturated carbocycles. The molecule has 6 heteroatoms. The lowest BCUT2D eigenvalue weighted by molar-refractivity contribution is -0.118. The number of hydrogen-bond acceptors (Lipinski definition) is 3. The second-order valence-electron chi connectivity index (χ2n) is 6.52. The number of hydrogen-bond donors (Lipinski definition) is 2. The Morgan fingerprint density at radius 2 is 1.89 bits per heavy atom. The molecule has 2 rings (SSSR count). The van der Waals surface area contributed by atoms with Crippen molar-refractivity contribution in [2.75, 3.05) is 11.9 Å². The Morgan fingerprint density at radius 1 is 1.21 bits per heavy atom. The minimum absolute atomic E-state index is 0.245. The highest BCUT2D eigenvalue weighted by Gasteiger charge is 2.17. The molecule has 2 aromatic carbocycles. The average molecular weight is 379 g/mol. The van der Waals surface area contributed by atoms with Crippen molar-refractivity contribution in [3.05, 3.63) is 77.1 Å². The van der Waals surface area contributed by atoms with Crippen molar-refractivity contribution in [2.45, 2.75) is 20.3 Å². The lowest BCUT2D eigenvalue weighted by Gasteiger charge is -2.15. The monoisotopic (exact) mass is 379 g/mol. The second kappa shape index (κ2) is 9.47. The van der Waals surface area contributed by atoms with E-state index in [1.165, 1.54) is 24.3 Å². The van der Waals surface area contributed by atoms with Crippen LogP contribution in [0.5, 0.6) is 0 Å². The van der Waals surface area contributed by atoms with E-state index in [1.807, 2.05) is 0 Å². The fraction of sp³-hybridized carbons (Fsp3) is 0.227. The molecule has 0 unspecified atom stereocenters. The first-order valence-corrected chi connectivity index (χ1v) is 8.85. The van der Waals surface area contributed by atoms with Crippen molar-refractivity contribution >= 4 is 17.5 Å². The number of carbonyl (C=O) groups is 2. The second-order valence-corrected chi connectivity index (χ2v) is 6.52. The number of benzene rings is 2. The van der Waals surface area contributed by atoms with Crippen LogP contribution in [0.15, 0.2) is 54.6 Å². The summed E-state index contributed by atoms with van der Waals surface area (Å²) in [5.74, 6) is -1.32. The van der Waals surface area contributed by atoms with Gasteiger partial charge in [0.1, 0.15) is 5.82 Å². The van der Waals surface area contributed by atoms with Crippen LogP contribution in [0, 0.1) is 30.0 Å². The zero-order valence-electron chi connectivity index (χ0n) is 15.9. The van der Waals surface area contributed by atoms with E-state index in [1.54, 1.807) is 32.0 Å². The Labute approximate surface area is 163 Å². The number of carbonyl (C=O) groups excluding carboxylic acids is 2. The molecular formula is C22H22FN3O2. The quantitative estimate of drug-likeness (QED) is 0.715. The van der Waals surface area contributed by atoms with Gasteiger partial charge in [0.25, 0.3) is 5.91 Å². The van der Waals surface area contributed by atoms with Crippen LogP contribution in [0.25, 0.3) is 0 Å². The smallest absolute Gasteiger partial charge is 0.251 e. The van der Waals surface area contributed by atoms with Gasteiger partial charge in [0.15, 0.2) is 0 Å². The van der Waals surface area contributed by atoms with E-state index in [-0.39, 0.29) is 17.6 Å². The zero-order valence-corrected chi connectivity index (χ0v) is 15.9. The number of nitrogens with zero attached hydrogens (tertiary/aromatic N) is 1. The van der Waals surface area contributed by atoms with Crippen LogP contribution in [-0.2, 0) is 4.79 Å². The van der Waals surface area contributed by atoms with Crippen LogP contribution in [0.4, 0.5) is 10.1 Å². The largest absolute Gasteiger partial charge is 0.352 e. The van der Waals surface area contributed by atoms with Gasteiger partial charge < -0.3 is 10.6 Å². The topological polar surface area (TPSA) is 82.0 Å². The molecular weight excluding hydrogens is 357 g/mol. The molecule has 0 aliphatic carbocycles. The molecule has 2 aromatic rings. The number of halogens is 1. The first-order valence-electron chi connectivity index (χ1n) is 8.85. The molecule has 0 fully saturated rings. The van der Waals surface area contributed by atoms with E-state index in [0.29, 0.717) is 35.4 Å². The van der Waals surface area contributed by atoms with E-state index >= 15 is 0 Å². The fourth-order valence-corrected chi connectivity index (χ4v) is 2.55. The number of rotatable bonds is 7. The maximum atomic E-state index is 12.9. The summed E-state index contributed by atoms with van der Waals surface area (Å²) in [5.41, 5.74) is 2.94. The number of aryl methyl sites for hydroxylation is 1. The van der Waals surface area contributed by atoms with Crippen LogP contribution in [0.1, 0.15) is 34.8 Å². The van der Waals surface area contributed by atoms with Crippen LogP contribution in [0.3, 0.4) is 0 Å². The van der Waals surface area contributed by atoms with Crippen molar-refractivity contribution in [1.29, 1.82) is 5.26 Å². The van der Waals surface area contributed by atoms with Gasteiger partial charge in [0.2, 0.25) is 5.91 Å². The van der Waals surface area contributed by atoms with Crippen molar-refractivity contribution in [2.24, 2.45) is 5.92 Å². The molecule has 0 spiro atoms. The number of nitrogens with one attached hydrogen (secondary N) is 2. The highest BCUT2D eigenvalue weighted by molar-refractivity contribution is 5.95. The molecule has 2 amide bonds. The Morgan fingerprint density at radius 3 is 2.50 bits per heavy atom. The van der Waals surface area contributed by atoms with E-state index in [0.717, 1.165) is 5.56 Å². The van der Waals surface area contributed by atoms with Gasteiger partial charge in [-0.05, 0) is 68.3 Å². The number of anilines is 1. The summed E-state index contributed by atoms with van der Waals surface area (Å²) in [4.78, 5) is 24.5. The lowest BCUT2D eigenvalue weighted by atomic mass is 9.98. The Balaban J connectivity index is 1.83. The van der Waals surface area contributed by atoms with Gasteiger partial charge in [-0.1, -0.05) is 12.2 Å². The van der Waals surface area contributed by atoms with Crippen molar-refractivity contribution < 1.29 is 14.0 Å². The van der Waals surface area contributed by atoms with Crippen molar-refractivity contribution in [3.63, 3.8) is 0 Å². The number of nitriles is 1. The van der Waals surface area contributed by atoms with Gasteiger partial charge in [-0.15, -0.1) is 0 Å². The third-order valence-electron chi connectivity index (χ3n) is 4.46. The fourth-order valence-electron chi connectivity index (χ4n) is 2.55. The summed E-state index contributed by atoms with van der Waals surface area (Å²) in [7, 11) is 0. The van der Waals surface area contributed by atoms with Gasteiger partial charge in [-0.25, -0.2) is 4.39 Å². The molecule has 0 aliphatic rings. The first kappa shape index (κ1) is 20.8. The van der Waals surface area contributed by atoms with E-state index in [9.17, 15) is 14.0 Å². The van der Waals surface area contributed by atoms with E-state index in [4.69, 9.17) is 5.26 Å². The molecule has 0 saturated heterocycles. The molecule has 0 aliphatic heterocycles. The third-order valence-corrected chi connectivity index (χ3v) is 4.46. The zero-order chi connectivity index (χ0) is 20.7. The van der Waals surface area contributed by atoms with Gasteiger partial charge in [0.05, 0.1) is 17.6 Å². The average Bonchev–Trinajstić information content (AvgIpc) is 2.68. The Bertz CT molecular complexity index is 930. The first-order chi connectivity index (χ1) is 13.3. The van der Waals surface area contributed by atoms with E-state index < -0.39 is 5.92 Å². The van der Waals surface area contributed by atoms with Crippen LogP contribution >= 0.6 is 0 Å². The van der Waals surface area contributed by atoms with Gasteiger partial charge in [0, 0.05) is 17.8 Å². The van der Waals surface area contributed by atoms with Crippen molar-refractivity contribution in [3.8, 4) is 6.07 Å². The minimum Gasteiger partial charge on any atom is -0.352 e. The SMILES string of the molecule is C=C(CCNC(=O)c1ccc(C#N)c(C)c1)[C@H](C)C(=O)Nc1ccc(F)cc1. The highest BCUT2D eigenvalue weighted by Crippen LogP contribution is 2.16. The van der Waals surface area contributed by atoms with Crippen LogP contribution in [-0.4, -0.2) is 18.4 Å². The number of amides is 2. The van der Waals surface area contributed by atoms with Gasteiger partial charge >= 0.3 is 0 Å². The Kier molecular flexibility index (Phi) is 7.05. The van der Waals surface area contributed by atoms with Gasteiger partial charge in [-0.3, -0.25) is 9.59 Å². The predicted octanol–water partition coefficient (Wildman–Crippen LogP) is 3.96. The third kappa shape index (κ3) is 5.52. The molecule has 2 N–H and O–H groups in total. The predicted molar refractivity (Wildman–Crippen MR) is 106 cm³/mol. The summed E-state index contributed by atoms with van der Waals surface area (Å²) in [5, 5.41) is 14.4. The lowest BCUT2D eigenvalue weighted by Crippen LogP contribution is -2.27. The molecule has 0 bridgehead atoms. The summed E-state index contributed by atoms with van der Waals surface area (Å²) in [6.07, 6.45) is 0.443. The van der Waals surface area contributed by atoms with Gasteiger partial charge in [-0.2, -0.15) is 5.26 Å². The van der Waals surface area contributed by atoms with Crippen molar-refractivity contribution in [1.82, 2.24) is 5.32 Å². The maximum Gasteiger partial charge on any atom is 0.251 e. The molecule has 0 heterocycles. The molecule has 28 heavy (non-hydrogen) atoms. The molecule has 144 valence electrons. The van der Waals surface area contributed by atoms with E-state index in [2.05, 4.69) is 23.3 Å². The molecule has 5 nitrogen and oxygen atoms in total. The standard InChI is InChI=1S/C22H22FN3O2/c1-14(16(3)21(27)26-20-8-6-19(23)7-9-20)10-11-25-22(28)17-4-5-18(13-24)15(2)12-17/h4-9,12,16H,1,10-11H2,2-3H3,(H,25,28)(H,26,27)/t16-/m0/s1. The molecule has 1 atom stereocenters. The summed E-state index contributed by atoms with van der Waals surface area (Å²) < 4.78 is 12.9. The highest BCUT2D eigenvalue weighted by atomic mass is 19.1. The maximum absolute atomic E-state index is 12.9. The van der Waals surface area contributed by atoms with Crippen LogP contribution < -0.4 is 10.6 Å². The summed E-state index contributed by atoms with van der Waals surface area (Å²) >= 11 is 0. The normalized spacial score (nSPS) is 11.2. The summed E-state index contributed by atoms with van der Waals surface area (Å²) in [6.45, 7) is 7.77. The minimum atomic E-state index is -0.459. The molecule has 0 radical (unpaired) electrons.